The molecule has 0 fully saturated rings. The van der Waals surface area contributed by atoms with Crippen LogP contribution >= 0.6 is 35.0 Å². The van der Waals surface area contributed by atoms with E-state index < -0.39 is 12.0 Å². The molecule has 0 spiro atoms. The molecule has 1 atom stereocenters. The maximum atomic E-state index is 10.5. The summed E-state index contributed by atoms with van der Waals surface area (Å²) in [6.07, 6.45) is 0. The molecule has 1 unspecified atom stereocenters. The van der Waals surface area contributed by atoms with Gasteiger partial charge in [-0.3, -0.25) is 4.79 Å². The summed E-state index contributed by atoms with van der Waals surface area (Å²) in [5, 5.41) is 9.60. The van der Waals surface area contributed by atoms with E-state index in [1.165, 1.54) is 11.8 Å². The van der Waals surface area contributed by atoms with Gasteiger partial charge < -0.3 is 10.8 Å². The van der Waals surface area contributed by atoms with E-state index in [1.54, 1.807) is 12.1 Å². The Balaban J connectivity index is 2.43. The van der Waals surface area contributed by atoms with Crippen molar-refractivity contribution < 1.29 is 9.90 Å². The van der Waals surface area contributed by atoms with Crippen LogP contribution in [0.1, 0.15) is 5.56 Å². The Morgan fingerprint density at radius 3 is 2.69 bits per heavy atom. The predicted molar refractivity (Wildman–Crippen MR) is 68.2 cm³/mol. The third kappa shape index (κ3) is 4.22. The molecule has 0 radical (unpaired) electrons. The number of carboxylic acid groups (broad SMARTS) is 1. The fourth-order valence-electron chi connectivity index (χ4n) is 1.00. The van der Waals surface area contributed by atoms with E-state index in [9.17, 15) is 4.79 Å². The van der Waals surface area contributed by atoms with Crippen LogP contribution in [-0.2, 0) is 10.5 Å². The number of carbonyl (C=O) groups is 1. The highest BCUT2D eigenvalue weighted by molar-refractivity contribution is 7.98. The first-order valence-corrected chi connectivity index (χ1v) is 6.42. The van der Waals surface area contributed by atoms with Crippen molar-refractivity contribution in [1.29, 1.82) is 0 Å². The highest BCUT2D eigenvalue weighted by Crippen LogP contribution is 2.24. The molecule has 3 N–H and O–H groups in total. The molecule has 1 rings (SSSR count). The van der Waals surface area contributed by atoms with Crippen molar-refractivity contribution in [3.8, 4) is 0 Å². The standard InChI is InChI=1S/C10H11Cl2NO2S/c11-7-2-1-6(3-8(7)12)4-16-5-9(13)10(14)15/h1-3,9H,4-5,13H2,(H,14,15). The van der Waals surface area contributed by atoms with Crippen LogP contribution in [0.2, 0.25) is 10.0 Å². The number of aliphatic carboxylic acids is 1. The molecule has 6 heteroatoms. The Labute approximate surface area is 108 Å². The number of rotatable bonds is 5. The van der Waals surface area contributed by atoms with Gasteiger partial charge in [-0.2, -0.15) is 11.8 Å². The fraction of sp³-hybridized carbons (Fsp3) is 0.300. The molecular formula is C10H11Cl2NO2S. The number of carboxylic acids is 1. The van der Waals surface area contributed by atoms with Gasteiger partial charge in [-0.1, -0.05) is 29.3 Å². The van der Waals surface area contributed by atoms with E-state index in [4.69, 9.17) is 34.0 Å². The second kappa shape index (κ2) is 6.35. The summed E-state index contributed by atoms with van der Waals surface area (Å²) >= 11 is 13.1. The van der Waals surface area contributed by atoms with E-state index in [1.807, 2.05) is 6.07 Å². The average Bonchev–Trinajstić information content (AvgIpc) is 2.23. The molecule has 3 nitrogen and oxygen atoms in total. The molecule has 0 saturated heterocycles. The Bertz CT molecular complexity index is 387. The van der Waals surface area contributed by atoms with E-state index in [-0.39, 0.29) is 0 Å². The zero-order valence-electron chi connectivity index (χ0n) is 8.32. The molecule has 0 amide bonds. The zero-order chi connectivity index (χ0) is 12.1. The number of hydrogen-bond donors (Lipinski definition) is 2. The Kier molecular flexibility index (Phi) is 5.41. The molecule has 0 aromatic heterocycles. The van der Waals surface area contributed by atoms with Crippen LogP contribution in [0.4, 0.5) is 0 Å². The molecule has 1 aromatic rings. The van der Waals surface area contributed by atoms with Crippen LogP contribution < -0.4 is 5.73 Å². The van der Waals surface area contributed by atoms with Gasteiger partial charge in [0.15, 0.2) is 0 Å². The summed E-state index contributed by atoms with van der Waals surface area (Å²) < 4.78 is 0. The smallest absolute Gasteiger partial charge is 0.321 e. The maximum absolute atomic E-state index is 10.5. The lowest BCUT2D eigenvalue weighted by Gasteiger charge is -2.06. The topological polar surface area (TPSA) is 63.3 Å². The number of hydrogen-bond acceptors (Lipinski definition) is 3. The van der Waals surface area contributed by atoms with Gasteiger partial charge in [0.25, 0.3) is 0 Å². The van der Waals surface area contributed by atoms with Gasteiger partial charge in [0.2, 0.25) is 0 Å². The lowest BCUT2D eigenvalue weighted by Crippen LogP contribution is -2.32. The van der Waals surface area contributed by atoms with Crippen LogP contribution in [0.5, 0.6) is 0 Å². The summed E-state index contributed by atoms with van der Waals surface area (Å²) in [5.74, 6) is 0.0506. The van der Waals surface area contributed by atoms with E-state index in [0.717, 1.165) is 5.56 Å². The van der Waals surface area contributed by atoms with Crippen molar-refractivity contribution in [3.63, 3.8) is 0 Å². The predicted octanol–water partition coefficient (Wildman–Crippen LogP) is 2.64. The van der Waals surface area contributed by atoms with Gasteiger partial charge in [-0.15, -0.1) is 0 Å². The first-order chi connectivity index (χ1) is 7.50. The lowest BCUT2D eigenvalue weighted by molar-refractivity contribution is -0.137. The van der Waals surface area contributed by atoms with Gasteiger partial charge in [-0.05, 0) is 17.7 Å². The summed E-state index contributed by atoms with van der Waals surface area (Å²) in [6.45, 7) is 0. The molecule has 1 aromatic carbocycles. The van der Waals surface area contributed by atoms with E-state index >= 15 is 0 Å². The number of halogens is 2. The van der Waals surface area contributed by atoms with Gasteiger partial charge in [0.05, 0.1) is 10.0 Å². The fourth-order valence-corrected chi connectivity index (χ4v) is 2.25. The Hall–Kier alpha value is -0.420. The normalized spacial score (nSPS) is 12.4. The third-order valence-electron chi connectivity index (χ3n) is 1.87. The molecule has 0 aliphatic carbocycles. The van der Waals surface area contributed by atoms with Gasteiger partial charge >= 0.3 is 5.97 Å². The van der Waals surface area contributed by atoms with Crippen LogP contribution in [-0.4, -0.2) is 22.9 Å². The van der Waals surface area contributed by atoms with Crippen molar-refractivity contribution >= 4 is 40.9 Å². The molecule has 0 aliphatic heterocycles. The minimum absolute atomic E-state index is 0.371. The maximum Gasteiger partial charge on any atom is 0.321 e. The monoisotopic (exact) mass is 279 g/mol. The molecule has 0 bridgehead atoms. The highest BCUT2D eigenvalue weighted by atomic mass is 35.5. The first kappa shape index (κ1) is 13.6. The third-order valence-corrected chi connectivity index (χ3v) is 3.74. The second-order valence-electron chi connectivity index (χ2n) is 3.21. The van der Waals surface area contributed by atoms with Crippen LogP contribution in [0.25, 0.3) is 0 Å². The second-order valence-corrected chi connectivity index (χ2v) is 5.05. The van der Waals surface area contributed by atoms with Crippen LogP contribution in [0.3, 0.4) is 0 Å². The Morgan fingerprint density at radius 1 is 1.44 bits per heavy atom. The van der Waals surface area contributed by atoms with Crippen molar-refractivity contribution in [2.24, 2.45) is 5.73 Å². The summed E-state index contributed by atoms with van der Waals surface area (Å²) in [6, 6.07) is 4.51. The van der Waals surface area contributed by atoms with Gasteiger partial charge in [-0.25, -0.2) is 0 Å². The average molecular weight is 280 g/mol. The summed E-state index contributed by atoms with van der Waals surface area (Å²) in [4.78, 5) is 10.5. The van der Waals surface area contributed by atoms with Crippen LogP contribution in [0.15, 0.2) is 18.2 Å². The molecule has 0 heterocycles. The highest BCUT2D eigenvalue weighted by Gasteiger charge is 2.10. The SMILES string of the molecule is NC(CSCc1ccc(Cl)c(Cl)c1)C(=O)O. The molecular weight excluding hydrogens is 269 g/mol. The lowest BCUT2D eigenvalue weighted by atomic mass is 10.2. The molecule has 0 aliphatic rings. The number of thioether (sulfide) groups is 1. The van der Waals surface area contributed by atoms with Crippen molar-refractivity contribution in [2.45, 2.75) is 11.8 Å². The number of nitrogens with two attached hydrogens (primary N) is 1. The first-order valence-electron chi connectivity index (χ1n) is 4.50. The van der Waals surface area contributed by atoms with Gasteiger partial charge in [0.1, 0.15) is 6.04 Å². The van der Waals surface area contributed by atoms with Gasteiger partial charge in [0, 0.05) is 11.5 Å². The Morgan fingerprint density at radius 2 is 2.12 bits per heavy atom. The molecule has 0 saturated carbocycles. The summed E-state index contributed by atoms with van der Waals surface area (Å²) in [7, 11) is 0. The largest absolute Gasteiger partial charge is 0.480 e. The van der Waals surface area contributed by atoms with Crippen molar-refractivity contribution in [2.75, 3.05) is 5.75 Å². The van der Waals surface area contributed by atoms with Crippen molar-refractivity contribution in [3.05, 3.63) is 33.8 Å². The van der Waals surface area contributed by atoms with Crippen molar-refractivity contribution in [1.82, 2.24) is 0 Å². The molecule has 88 valence electrons. The minimum Gasteiger partial charge on any atom is -0.480 e. The molecule has 16 heavy (non-hydrogen) atoms. The van der Waals surface area contributed by atoms with E-state index in [0.29, 0.717) is 21.6 Å². The van der Waals surface area contributed by atoms with Crippen LogP contribution in [0, 0.1) is 0 Å². The number of benzene rings is 1. The summed E-state index contributed by atoms with van der Waals surface area (Å²) in [5.41, 5.74) is 6.36. The van der Waals surface area contributed by atoms with E-state index in [2.05, 4.69) is 0 Å². The zero-order valence-corrected chi connectivity index (χ0v) is 10.6. The minimum atomic E-state index is -0.985. The quantitative estimate of drug-likeness (QED) is 0.870.